The average molecular weight is 1450 g/mol. The van der Waals surface area contributed by atoms with Gasteiger partial charge in [-0.2, -0.15) is 66.6 Å². The Labute approximate surface area is 638 Å². The van der Waals surface area contributed by atoms with Crippen molar-refractivity contribution >= 4 is 0 Å². The van der Waals surface area contributed by atoms with Gasteiger partial charge in [0.15, 0.2) is 0 Å². The summed E-state index contributed by atoms with van der Waals surface area (Å²) in [6, 6.07) is 23.1. The maximum atomic E-state index is 3.98. The second-order valence-corrected chi connectivity index (χ2v) is 16.1. The second kappa shape index (κ2) is 117. The number of hydrogen-bond donors (Lipinski definition) is 3. The minimum absolute atomic E-state index is 0.822. The fourth-order valence-electron chi connectivity index (χ4n) is 4.31. The van der Waals surface area contributed by atoms with Crippen molar-refractivity contribution in [1.29, 1.82) is 0 Å². The molecule has 588 valence electrons. The Morgan fingerprint density at radius 3 is 0.800 bits per heavy atom. The molecule has 0 aliphatic heterocycles. The van der Waals surface area contributed by atoms with Gasteiger partial charge < -0.3 is 0 Å². The SMILES string of the molecule is CC.CC.CC.CC.CC.CC.CC.CC.CC.CC.CC.CC.Cc1ccccn1.Cc1cccnc1.Cc1cccnn1.Cc1ccncc1.Cc1ccncn1.Cc1ccnnc1.Cc1cn[nH]n1.Cc1cn[nH]n1.Cc1cn[nH]n1.Cc1cnccn1.Cc1cncnc1.Cc1ncccn1. The first-order valence-electron chi connectivity index (χ1n) is 36.7. The maximum Gasteiger partial charge on any atom is 0.125 e. The molecule has 0 saturated heterocycles. The third-order valence-electron chi connectivity index (χ3n) is 8.32. The van der Waals surface area contributed by atoms with Gasteiger partial charge in [-0.1, -0.05) is 178 Å². The van der Waals surface area contributed by atoms with Gasteiger partial charge >= 0.3 is 0 Å². The lowest BCUT2D eigenvalue weighted by Gasteiger charge is -1.82. The van der Waals surface area contributed by atoms with Crippen LogP contribution in [0.25, 0.3) is 0 Å². The van der Waals surface area contributed by atoms with Crippen molar-refractivity contribution in [2.75, 3.05) is 0 Å². The molecule has 24 nitrogen and oxygen atoms in total. The molecule has 24 heteroatoms. The topological polar surface area (TPSA) is 318 Å². The molecule has 3 N–H and O–H groups in total. The van der Waals surface area contributed by atoms with Gasteiger partial charge in [0.1, 0.15) is 18.5 Å². The minimum Gasteiger partial charge on any atom is -0.265 e. The summed E-state index contributed by atoms with van der Waals surface area (Å²) in [6.45, 7) is 71.2. The molecule has 12 aromatic heterocycles. The Bertz CT molecular complexity index is 2510. The molecule has 105 heavy (non-hydrogen) atoms. The summed E-state index contributed by atoms with van der Waals surface area (Å²) in [5, 5.41) is 43.7. The van der Waals surface area contributed by atoms with Gasteiger partial charge in [0, 0.05) is 104 Å². The molecule has 0 spiro atoms. The first-order chi connectivity index (χ1) is 51.2. The van der Waals surface area contributed by atoms with Crippen LogP contribution in [0.15, 0.2) is 203 Å². The zero-order valence-corrected chi connectivity index (χ0v) is 71.9. The summed E-state index contributed by atoms with van der Waals surface area (Å²) in [7, 11) is 0. The quantitative estimate of drug-likeness (QED) is 0.127. The Hall–Kier alpha value is -10.7. The molecule has 0 aliphatic carbocycles. The molecule has 0 radical (unpaired) electrons. The summed E-state index contributed by atoms with van der Waals surface area (Å²) < 4.78 is 0. The number of aromatic nitrogens is 24. The van der Waals surface area contributed by atoms with E-state index in [1.165, 1.54) is 23.8 Å². The normalized spacial score (nSPS) is 7.43. The number of aromatic amines is 3. The fraction of sp³-hybridized carbons (Fsp3) is 0.444. The minimum atomic E-state index is 0.822. The lowest BCUT2D eigenvalue weighted by molar-refractivity contribution is 0.928. The van der Waals surface area contributed by atoms with Crippen LogP contribution in [0.5, 0.6) is 0 Å². The second-order valence-electron chi connectivity index (χ2n) is 16.1. The van der Waals surface area contributed by atoms with Crippen molar-refractivity contribution in [1.82, 2.24) is 121 Å². The summed E-state index contributed by atoms with van der Waals surface area (Å²) in [5.41, 5.74) is 11.5. The molecule has 12 heterocycles. The van der Waals surface area contributed by atoms with Crippen molar-refractivity contribution in [3.05, 3.63) is 271 Å². The van der Waals surface area contributed by atoms with E-state index in [-0.39, 0.29) is 0 Å². The lowest BCUT2D eigenvalue weighted by atomic mass is 10.3. The number of rotatable bonds is 0. The zero-order chi connectivity index (χ0) is 83.2. The van der Waals surface area contributed by atoms with E-state index < -0.39 is 0 Å². The van der Waals surface area contributed by atoms with E-state index in [4.69, 9.17) is 0 Å². The molecular weight excluding hydrogens is 1310 g/mol. The molecule has 12 rings (SSSR count). The van der Waals surface area contributed by atoms with Crippen LogP contribution >= 0.6 is 0 Å². The molecule has 0 aromatic carbocycles. The van der Waals surface area contributed by atoms with E-state index in [1.54, 1.807) is 118 Å². The maximum absolute atomic E-state index is 3.98. The molecule has 0 unspecified atom stereocenters. The van der Waals surface area contributed by atoms with E-state index in [0.717, 1.165) is 56.8 Å². The van der Waals surface area contributed by atoms with Crippen molar-refractivity contribution in [3.63, 3.8) is 0 Å². The van der Waals surface area contributed by atoms with Crippen LogP contribution in [0.1, 0.15) is 234 Å². The predicted octanol–water partition coefficient (Wildman–Crippen LogP) is 21.5. The van der Waals surface area contributed by atoms with Crippen LogP contribution < -0.4 is 0 Å². The molecule has 0 amide bonds. The first-order valence-corrected chi connectivity index (χ1v) is 36.7. The van der Waals surface area contributed by atoms with E-state index in [1.807, 2.05) is 322 Å². The largest absolute Gasteiger partial charge is 0.265 e. The standard InChI is InChI=1S/3C6H7N.6C5H6N2.3C3H5N3.12C2H6/c1-6-2-4-7-5-3-6;1-6-3-2-4-7-5-6;1-6-4-2-3-5-7-6;1-5-2-6-4-7-3-5;1-5-4-6-2-3-7-5;1-5-2-3-6-4-7-5;1-5-2-3-6-7-4-5;1-5-6-3-2-4-7-5;1-5-3-2-4-6-7-5;3*1-3-2-4-6-5-3;12*1-2/h3*2-5H,1H3;6*2-4H,1H3;3*2H,1H3,(H,4,5,6);12*1-2H3. The number of nitrogens with one attached hydrogen (secondary N) is 3. The molecule has 12 aromatic rings. The fourth-order valence-corrected chi connectivity index (χ4v) is 4.31. The van der Waals surface area contributed by atoms with Gasteiger partial charge in [-0.3, -0.25) is 24.9 Å². The van der Waals surface area contributed by atoms with Crippen LogP contribution in [-0.2, 0) is 0 Å². The molecule has 0 bridgehead atoms. The van der Waals surface area contributed by atoms with Crippen molar-refractivity contribution in [2.24, 2.45) is 0 Å². The van der Waals surface area contributed by atoms with Crippen LogP contribution in [0.3, 0.4) is 0 Å². The number of hydrogen-bond acceptors (Lipinski definition) is 21. The predicted molar refractivity (Wildman–Crippen MR) is 447 cm³/mol. The van der Waals surface area contributed by atoms with Gasteiger partial charge in [0.25, 0.3) is 0 Å². The Balaban J connectivity index is -0.0000000875. The molecule has 0 fully saturated rings. The highest BCUT2D eigenvalue weighted by Gasteiger charge is 1.82. The van der Waals surface area contributed by atoms with Crippen LogP contribution in [0, 0.1) is 83.1 Å². The van der Waals surface area contributed by atoms with E-state index in [0.29, 0.717) is 0 Å². The average Bonchev–Trinajstić information content (AvgIpc) is 2.76. The van der Waals surface area contributed by atoms with Gasteiger partial charge in [-0.05, 0) is 166 Å². The van der Waals surface area contributed by atoms with Gasteiger partial charge in [-0.15, -0.1) is 0 Å². The number of H-pyrrole nitrogens is 3. The summed E-state index contributed by atoms with van der Waals surface area (Å²) >= 11 is 0. The van der Waals surface area contributed by atoms with E-state index in [2.05, 4.69) is 121 Å². The van der Waals surface area contributed by atoms with E-state index >= 15 is 0 Å². The van der Waals surface area contributed by atoms with Gasteiger partial charge in [0.05, 0.1) is 53.3 Å². The number of aryl methyl sites for hydroxylation is 12. The molecule has 0 atom stereocenters. The Morgan fingerprint density at radius 1 is 0.210 bits per heavy atom. The molecular formula is C81H144N24. The van der Waals surface area contributed by atoms with Crippen molar-refractivity contribution in [3.8, 4) is 0 Å². The van der Waals surface area contributed by atoms with E-state index in [9.17, 15) is 0 Å². The molecule has 0 aliphatic rings. The Morgan fingerprint density at radius 2 is 0.619 bits per heavy atom. The molecule has 0 saturated carbocycles. The highest BCUT2D eigenvalue weighted by Crippen LogP contribution is 1.91. The van der Waals surface area contributed by atoms with Crippen LogP contribution in [0.2, 0.25) is 0 Å². The highest BCUT2D eigenvalue weighted by atomic mass is 15.3. The van der Waals surface area contributed by atoms with Crippen molar-refractivity contribution < 1.29 is 0 Å². The summed E-state index contributed by atoms with van der Waals surface area (Å²) in [6.07, 6.45) is 35.9. The lowest BCUT2D eigenvalue weighted by Crippen LogP contribution is -1.80. The number of pyridine rings is 3. The third kappa shape index (κ3) is 115. The van der Waals surface area contributed by atoms with Crippen LogP contribution in [-0.4, -0.2) is 121 Å². The van der Waals surface area contributed by atoms with Crippen molar-refractivity contribution in [2.45, 2.75) is 249 Å². The first kappa shape index (κ1) is 121. The monoisotopic (exact) mass is 1450 g/mol. The number of nitrogens with zero attached hydrogens (tertiary/aromatic N) is 21. The smallest absolute Gasteiger partial charge is 0.125 e. The summed E-state index contributed by atoms with van der Waals surface area (Å²) in [5.74, 6) is 0.822. The highest BCUT2D eigenvalue weighted by molar-refractivity contribution is 5.06. The van der Waals surface area contributed by atoms with Crippen LogP contribution in [0.4, 0.5) is 0 Å². The summed E-state index contributed by atoms with van der Waals surface area (Å²) in [4.78, 5) is 42.3. The third-order valence-corrected chi connectivity index (χ3v) is 8.32. The zero-order valence-electron chi connectivity index (χ0n) is 71.9. The Kier molecular flexibility index (Phi) is 136. The van der Waals surface area contributed by atoms with Gasteiger partial charge in [0.2, 0.25) is 0 Å². The van der Waals surface area contributed by atoms with Gasteiger partial charge in [-0.25, -0.2) is 29.9 Å².